The van der Waals surface area contributed by atoms with Crippen LogP contribution in [0.15, 0.2) is 96.4 Å². The average Bonchev–Trinajstić information content (AvgIpc) is 3.07. The smallest absolute Gasteiger partial charge is 0.303 e. The molecule has 1 amide bonds. The van der Waals surface area contributed by atoms with Crippen molar-refractivity contribution in [3.63, 3.8) is 0 Å². The van der Waals surface area contributed by atoms with Gasteiger partial charge in [0.1, 0.15) is 0 Å². The van der Waals surface area contributed by atoms with Gasteiger partial charge in [-0.25, -0.2) is 9.97 Å². The second-order valence-corrected chi connectivity index (χ2v) is 12.0. The molecule has 0 saturated carbocycles. The van der Waals surface area contributed by atoms with Crippen molar-refractivity contribution in [2.24, 2.45) is 5.92 Å². The molecular formula is C35H37N3O6S. The van der Waals surface area contributed by atoms with Crippen molar-refractivity contribution in [2.75, 3.05) is 5.75 Å². The number of rotatable bonds is 13. The minimum atomic E-state index is -0.900. The zero-order chi connectivity index (χ0) is 31.6. The number of aliphatic hydroxyl groups excluding tert-OH is 1. The van der Waals surface area contributed by atoms with Gasteiger partial charge in [0.15, 0.2) is 11.4 Å². The SMILES string of the molecule is C[C@@H]1[C@H](CSc2ncccn2)O[C@H](c2ccc(-c3cccc(CNC(=O)CCCC(=O)O)c3)cc2)O[C@@H]1c1ccc(CO)cc1. The van der Waals surface area contributed by atoms with Gasteiger partial charge in [-0.1, -0.05) is 85.4 Å². The molecule has 4 atom stereocenters. The number of nitrogens with zero attached hydrogens (tertiary/aromatic N) is 2. The van der Waals surface area contributed by atoms with Crippen molar-refractivity contribution in [1.82, 2.24) is 15.3 Å². The maximum absolute atomic E-state index is 12.1. The molecule has 2 heterocycles. The van der Waals surface area contributed by atoms with Crippen LogP contribution in [0.1, 0.15) is 60.8 Å². The van der Waals surface area contributed by atoms with Crippen LogP contribution in [0, 0.1) is 5.92 Å². The molecule has 1 aliphatic rings. The Balaban J connectivity index is 1.28. The Morgan fingerprint density at radius 2 is 1.60 bits per heavy atom. The van der Waals surface area contributed by atoms with Crippen LogP contribution in [0.5, 0.6) is 0 Å². The van der Waals surface area contributed by atoms with Crippen LogP contribution in [0.25, 0.3) is 11.1 Å². The fourth-order valence-corrected chi connectivity index (χ4v) is 6.18. The van der Waals surface area contributed by atoms with E-state index < -0.39 is 12.3 Å². The van der Waals surface area contributed by atoms with Crippen LogP contribution in [0.3, 0.4) is 0 Å². The summed E-state index contributed by atoms with van der Waals surface area (Å²) in [5.74, 6) is -0.347. The van der Waals surface area contributed by atoms with Gasteiger partial charge in [-0.3, -0.25) is 9.59 Å². The van der Waals surface area contributed by atoms with Crippen LogP contribution >= 0.6 is 11.8 Å². The normalized spacial score (nSPS) is 19.6. The van der Waals surface area contributed by atoms with Gasteiger partial charge in [0.05, 0.1) is 18.8 Å². The molecule has 0 radical (unpaired) electrons. The summed E-state index contributed by atoms with van der Waals surface area (Å²) in [5, 5.41) is 21.8. The quantitative estimate of drug-likeness (QED) is 0.119. The first-order chi connectivity index (χ1) is 21.9. The van der Waals surface area contributed by atoms with Crippen molar-refractivity contribution in [3.8, 4) is 11.1 Å². The molecule has 0 bridgehead atoms. The first-order valence-electron chi connectivity index (χ1n) is 15.0. The number of benzene rings is 3. The molecule has 10 heteroatoms. The number of ether oxygens (including phenoxy) is 2. The number of amides is 1. The van der Waals surface area contributed by atoms with E-state index in [1.54, 1.807) is 30.2 Å². The number of carbonyl (C=O) groups is 2. The molecular weight excluding hydrogens is 590 g/mol. The minimum Gasteiger partial charge on any atom is -0.481 e. The van der Waals surface area contributed by atoms with Gasteiger partial charge in [0.25, 0.3) is 0 Å². The third-order valence-electron chi connectivity index (χ3n) is 7.77. The van der Waals surface area contributed by atoms with E-state index in [1.807, 2.05) is 72.8 Å². The number of carbonyl (C=O) groups excluding carboxylic acids is 1. The molecule has 234 valence electrons. The summed E-state index contributed by atoms with van der Waals surface area (Å²) in [4.78, 5) is 31.5. The molecule has 9 nitrogen and oxygen atoms in total. The lowest BCUT2D eigenvalue weighted by Crippen LogP contribution is -2.38. The average molecular weight is 628 g/mol. The zero-order valence-electron chi connectivity index (χ0n) is 25.0. The monoisotopic (exact) mass is 627 g/mol. The van der Waals surface area contributed by atoms with E-state index in [4.69, 9.17) is 14.6 Å². The lowest BCUT2D eigenvalue weighted by atomic mass is 9.91. The van der Waals surface area contributed by atoms with Crippen molar-refractivity contribution >= 4 is 23.6 Å². The summed E-state index contributed by atoms with van der Waals surface area (Å²) in [6.45, 7) is 2.49. The Labute approximate surface area is 267 Å². The number of thioether (sulfide) groups is 1. The van der Waals surface area contributed by atoms with Gasteiger partial charge in [-0.2, -0.15) is 0 Å². The number of nitrogens with one attached hydrogen (secondary N) is 1. The number of hydrogen-bond acceptors (Lipinski definition) is 8. The molecule has 5 rings (SSSR count). The first kappa shape index (κ1) is 32.3. The summed E-state index contributed by atoms with van der Waals surface area (Å²) in [6, 6.07) is 25.7. The predicted molar refractivity (Wildman–Crippen MR) is 171 cm³/mol. The van der Waals surface area contributed by atoms with Crippen LogP contribution < -0.4 is 5.32 Å². The first-order valence-corrected chi connectivity index (χ1v) is 16.0. The minimum absolute atomic E-state index is 0.0120. The summed E-state index contributed by atoms with van der Waals surface area (Å²) < 4.78 is 13.1. The van der Waals surface area contributed by atoms with Crippen molar-refractivity contribution in [1.29, 1.82) is 0 Å². The topological polar surface area (TPSA) is 131 Å². The molecule has 1 saturated heterocycles. The highest BCUT2D eigenvalue weighted by Gasteiger charge is 2.38. The largest absolute Gasteiger partial charge is 0.481 e. The molecule has 1 aliphatic heterocycles. The summed E-state index contributed by atoms with van der Waals surface area (Å²) in [5.41, 5.74) is 5.76. The number of carboxylic acid groups (broad SMARTS) is 1. The van der Waals surface area contributed by atoms with Gasteiger partial charge in [-0.05, 0) is 46.4 Å². The van der Waals surface area contributed by atoms with E-state index in [2.05, 4.69) is 22.2 Å². The second kappa shape index (κ2) is 15.8. The Hall–Kier alpha value is -4.09. The van der Waals surface area contributed by atoms with Gasteiger partial charge < -0.3 is 25.0 Å². The van der Waals surface area contributed by atoms with E-state index in [0.29, 0.717) is 23.9 Å². The maximum Gasteiger partial charge on any atom is 0.303 e. The van der Waals surface area contributed by atoms with Crippen molar-refractivity contribution in [2.45, 2.75) is 63.0 Å². The third kappa shape index (κ3) is 8.98. The van der Waals surface area contributed by atoms with Gasteiger partial charge in [-0.15, -0.1) is 0 Å². The lowest BCUT2D eigenvalue weighted by molar-refractivity contribution is -0.268. The van der Waals surface area contributed by atoms with Crippen molar-refractivity contribution < 1.29 is 29.3 Å². The third-order valence-corrected chi connectivity index (χ3v) is 8.73. The van der Waals surface area contributed by atoms with Gasteiger partial charge >= 0.3 is 5.97 Å². The van der Waals surface area contributed by atoms with Gasteiger partial charge in [0.2, 0.25) is 5.91 Å². The molecule has 45 heavy (non-hydrogen) atoms. The van der Waals surface area contributed by atoms with Gasteiger partial charge in [0, 0.05) is 49.0 Å². The molecule has 1 fully saturated rings. The summed E-state index contributed by atoms with van der Waals surface area (Å²) >= 11 is 1.56. The molecule has 0 spiro atoms. The Kier molecular flexibility index (Phi) is 11.3. The van der Waals surface area contributed by atoms with E-state index in [9.17, 15) is 14.7 Å². The van der Waals surface area contributed by atoms with Crippen molar-refractivity contribution in [3.05, 3.63) is 114 Å². The number of aliphatic carboxylic acids is 1. The van der Waals surface area contributed by atoms with Crippen LogP contribution in [-0.2, 0) is 32.2 Å². The fourth-order valence-electron chi connectivity index (χ4n) is 5.21. The van der Waals surface area contributed by atoms with Crippen LogP contribution in [0.2, 0.25) is 0 Å². The summed E-state index contributed by atoms with van der Waals surface area (Å²) in [6.07, 6.45) is 3.03. The Morgan fingerprint density at radius 1 is 0.867 bits per heavy atom. The molecule has 0 aliphatic carbocycles. The van der Waals surface area contributed by atoms with Crippen LogP contribution in [-0.4, -0.2) is 43.9 Å². The van der Waals surface area contributed by atoms with Crippen LogP contribution in [0.4, 0.5) is 0 Å². The highest BCUT2D eigenvalue weighted by molar-refractivity contribution is 7.99. The molecule has 3 N–H and O–H groups in total. The standard InChI is InChI=1S/C35H37N3O6S/c1-23-30(22-45-35-36-17-4-18-37-35)43-34(44-33(23)27-11-9-24(21-39)10-12-27)28-15-13-26(14-16-28)29-6-2-5-25(19-29)20-38-31(40)7-3-8-32(41)42/h2,4-6,9-19,23,30,33-34,39H,3,7-8,20-22H2,1H3,(H,38,40)(H,41,42)/t23-,30+,33+,34+/m1/s1. The number of aromatic nitrogens is 2. The predicted octanol–water partition coefficient (Wildman–Crippen LogP) is 6.09. The highest BCUT2D eigenvalue weighted by atomic mass is 32.2. The second-order valence-electron chi connectivity index (χ2n) is 11.0. The molecule has 0 unspecified atom stereocenters. The highest BCUT2D eigenvalue weighted by Crippen LogP contribution is 2.43. The van der Waals surface area contributed by atoms with E-state index in [1.165, 1.54) is 0 Å². The number of hydrogen-bond donors (Lipinski definition) is 3. The molecule has 1 aromatic heterocycles. The lowest BCUT2D eigenvalue weighted by Gasteiger charge is -2.41. The van der Waals surface area contributed by atoms with E-state index >= 15 is 0 Å². The number of aliphatic hydroxyl groups is 1. The Bertz CT molecular complexity index is 1550. The zero-order valence-corrected chi connectivity index (χ0v) is 25.9. The maximum atomic E-state index is 12.1. The fraction of sp³-hybridized carbons (Fsp3) is 0.314. The summed E-state index contributed by atoms with van der Waals surface area (Å²) in [7, 11) is 0. The Morgan fingerprint density at radius 3 is 2.31 bits per heavy atom. The van der Waals surface area contributed by atoms with E-state index in [-0.39, 0.29) is 43.5 Å². The number of carboxylic acids is 1. The van der Waals surface area contributed by atoms with E-state index in [0.717, 1.165) is 33.4 Å². The molecule has 4 aromatic rings. The molecule has 3 aromatic carbocycles.